The number of aromatic nitrogens is 1. The number of amides is 4. The molecule has 2 bridgehead atoms. The van der Waals surface area contributed by atoms with E-state index in [-0.39, 0.29) is 30.4 Å². The molecule has 224 valence electrons. The van der Waals surface area contributed by atoms with Gasteiger partial charge in [-0.25, -0.2) is 9.69 Å². The molecule has 0 aliphatic carbocycles. The molecule has 43 heavy (non-hydrogen) atoms. The Morgan fingerprint density at radius 1 is 0.884 bits per heavy atom. The maximum Gasteiger partial charge on any atom is 0.335 e. The van der Waals surface area contributed by atoms with Gasteiger partial charge in [-0.15, -0.1) is 0 Å². The van der Waals surface area contributed by atoms with Crippen LogP contribution in [-0.2, 0) is 29.0 Å². The number of benzene rings is 2. The van der Waals surface area contributed by atoms with Crippen LogP contribution in [0.3, 0.4) is 0 Å². The van der Waals surface area contributed by atoms with Gasteiger partial charge in [0.2, 0.25) is 5.91 Å². The van der Waals surface area contributed by atoms with Gasteiger partial charge in [-0.05, 0) is 66.6 Å². The molecule has 0 spiro atoms. The van der Waals surface area contributed by atoms with E-state index in [9.17, 15) is 19.2 Å². The van der Waals surface area contributed by atoms with Crippen LogP contribution in [0.5, 0.6) is 11.5 Å². The van der Waals surface area contributed by atoms with Gasteiger partial charge in [0.05, 0.1) is 19.9 Å². The van der Waals surface area contributed by atoms with Crippen molar-refractivity contribution in [2.24, 2.45) is 11.3 Å². The number of pyridine rings is 1. The van der Waals surface area contributed by atoms with Gasteiger partial charge in [-0.3, -0.25) is 19.7 Å². The zero-order chi connectivity index (χ0) is 30.3. The maximum atomic E-state index is 14.6. The summed E-state index contributed by atoms with van der Waals surface area (Å²) < 4.78 is 12.8. The van der Waals surface area contributed by atoms with E-state index in [0.717, 1.165) is 29.0 Å². The fourth-order valence-electron chi connectivity index (χ4n) is 6.99. The van der Waals surface area contributed by atoms with E-state index in [0.29, 0.717) is 42.4 Å². The highest BCUT2D eigenvalue weighted by molar-refractivity contribution is 6.30. The first-order chi connectivity index (χ1) is 20.8. The molecule has 3 aliphatic heterocycles. The summed E-state index contributed by atoms with van der Waals surface area (Å²) >= 11 is 0. The predicted molar refractivity (Wildman–Crippen MR) is 161 cm³/mol. The van der Waals surface area contributed by atoms with Gasteiger partial charge in [0, 0.05) is 43.9 Å². The summed E-state index contributed by atoms with van der Waals surface area (Å²) in [6.45, 7) is 3.97. The van der Waals surface area contributed by atoms with Crippen molar-refractivity contribution >= 4 is 23.5 Å². The molecular weight excluding hydrogens is 548 g/mol. The Morgan fingerprint density at radius 2 is 1.63 bits per heavy atom. The number of rotatable bonds is 8. The monoisotopic (exact) mass is 584 g/mol. The van der Waals surface area contributed by atoms with Crippen molar-refractivity contribution in [2.75, 3.05) is 38.8 Å². The van der Waals surface area contributed by atoms with Gasteiger partial charge < -0.3 is 18.9 Å². The number of barbiturate groups is 1. The molecule has 10 heteroatoms. The lowest BCUT2D eigenvalue weighted by Gasteiger charge is -2.47. The summed E-state index contributed by atoms with van der Waals surface area (Å²) in [5.41, 5.74) is 1.56. The molecule has 6 rings (SSSR count). The second-order valence-electron chi connectivity index (χ2n) is 11.8. The van der Waals surface area contributed by atoms with Gasteiger partial charge in [-0.2, -0.15) is 0 Å². The number of methoxy groups -OCH3 is 2. The van der Waals surface area contributed by atoms with Crippen LogP contribution in [0.1, 0.15) is 36.1 Å². The van der Waals surface area contributed by atoms with Crippen LogP contribution in [0.4, 0.5) is 10.5 Å². The van der Waals surface area contributed by atoms with E-state index < -0.39 is 23.3 Å². The first kappa shape index (κ1) is 28.7. The number of anilines is 1. The summed E-state index contributed by atoms with van der Waals surface area (Å²) in [5, 5.41) is 2.51. The number of nitrogens with zero attached hydrogens (tertiary/aromatic N) is 3. The second-order valence-corrected chi connectivity index (χ2v) is 11.8. The van der Waals surface area contributed by atoms with Gasteiger partial charge in [0.25, 0.3) is 11.5 Å². The SMILES string of the molecule is CCc1ccc(N2C(=O)NC(=O)[C@@](Cc3ccc(OC)c(OC)c3)(CN3C[C@H]4C[C@@H](C3)c3cccc(=O)n3C4)C2=O)cc1. The number of carbonyl (C=O) groups is 3. The largest absolute Gasteiger partial charge is 0.493 e. The second kappa shape index (κ2) is 11.3. The Kier molecular flexibility index (Phi) is 7.56. The summed E-state index contributed by atoms with van der Waals surface area (Å²) in [5.74, 6) is 0.131. The normalized spacial score (nSPS) is 23.5. The van der Waals surface area contributed by atoms with Crippen molar-refractivity contribution in [2.45, 2.75) is 38.6 Å². The van der Waals surface area contributed by atoms with Crippen LogP contribution in [0.25, 0.3) is 0 Å². The molecule has 0 radical (unpaired) electrons. The average molecular weight is 585 g/mol. The molecule has 2 fully saturated rings. The van der Waals surface area contributed by atoms with Gasteiger partial charge in [0.15, 0.2) is 11.5 Å². The molecule has 2 saturated heterocycles. The zero-order valence-electron chi connectivity index (χ0n) is 24.7. The number of ether oxygens (including phenoxy) is 2. The standard InChI is InChI=1S/C33H36N4O6/c1-4-21-8-11-25(12-9-21)37-31(40)33(30(39)34-32(37)41,16-22-10-13-27(42-2)28(15-22)43-3)20-35-17-23-14-24(19-35)26-6-5-7-29(38)36(26)18-23/h5-13,15,23-24H,4,14,16-20H2,1-3H3,(H,34,39,41)/t23-,24+,33-/m1/s1. The number of likely N-dealkylation sites (tertiary alicyclic amines) is 1. The molecule has 0 saturated carbocycles. The average Bonchev–Trinajstić information content (AvgIpc) is 3.01. The number of hydrogen-bond acceptors (Lipinski definition) is 7. The first-order valence-electron chi connectivity index (χ1n) is 14.7. The molecule has 10 nitrogen and oxygen atoms in total. The summed E-state index contributed by atoms with van der Waals surface area (Å²) in [6, 6.07) is 17.2. The van der Waals surface area contributed by atoms with E-state index in [1.807, 2.05) is 35.8 Å². The van der Waals surface area contributed by atoms with E-state index in [1.54, 1.807) is 43.5 Å². The van der Waals surface area contributed by atoms with Crippen LogP contribution in [0.2, 0.25) is 0 Å². The maximum absolute atomic E-state index is 14.6. The Bertz CT molecular complexity index is 1630. The number of nitrogens with one attached hydrogen (secondary N) is 1. The Balaban J connectivity index is 1.39. The van der Waals surface area contributed by atoms with Crippen molar-refractivity contribution < 1.29 is 23.9 Å². The van der Waals surface area contributed by atoms with Crippen LogP contribution in [0, 0.1) is 11.3 Å². The predicted octanol–water partition coefficient (Wildman–Crippen LogP) is 3.36. The molecule has 1 aromatic heterocycles. The number of piperidine rings is 1. The van der Waals surface area contributed by atoms with Gasteiger partial charge >= 0.3 is 6.03 Å². The number of urea groups is 1. The molecule has 3 aliphatic rings. The third-order valence-electron chi connectivity index (χ3n) is 9.08. The topological polar surface area (TPSA) is 110 Å². The Hall–Kier alpha value is -4.44. The van der Waals surface area contributed by atoms with Crippen molar-refractivity contribution in [1.29, 1.82) is 0 Å². The molecule has 4 amide bonds. The van der Waals surface area contributed by atoms with Crippen molar-refractivity contribution in [1.82, 2.24) is 14.8 Å². The zero-order valence-corrected chi connectivity index (χ0v) is 24.7. The Labute approximate surface area is 250 Å². The van der Waals surface area contributed by atoms with Gasteiger partial charge in [0.1, 0.15) is 5.41 Å². The number of imide groups is 2. The van der Waals surface area contributed by atoms with Crippen LogP contribution >= 0.6 is 0 Å². The minimum Gasteiger partial charge on any atom is -0.493 e. The number of aryl methyl sites for hydroxylation is 1. The van der Waals surface area contributed by atoms with E-state index in [4.69, 9.17) is 9.47 Å². The number of hydrogen-bond donors (Lipinski definition) is 1. The Morgan fingerprint density at radius 3 is 2.35 bits per heavy atom. The van der Waals surface area contributed by atoms with Gasteiger partial charge in [-0.1, -0.05) is 31.2 Å². The molecule has 2 aromatic carbocycles. The lowest BCUT2D eigenvalue weighted by atomic mass is 9.75. The quantitative estimate of drug-likeness (QED) is 0.405. The fourth-order valence-corrected chi connectivity index (χ4v) is 6.99. The summed E-state index contributed by atoms with van der Waals surface area (Å²) in [4.78, 5) is 57.6. The molecule has 3 aromatic rings. The highest BCUT2D eigenvalue weighted by Gasteiger charge is 2.56. The third kappa shape index (κ3) is 5.09. The van der Waals surface area contributed by atoms with Crippen molar-refractivity contribution in [3.63, 3.8) is 0 Å². The van der Waals surface area contributed by atoms with Crippen molar-refractivity contribution in [3.8, 4) is 11.5 Å². The van der Waals surface area contributed by atoms with E-state index in [2.05, 4.69) is 10.2 Å². The summed E-state index contributed by atoms with van der Waals surface area (Å²) in [6.07, 6.45) is 1.81. The molecular formula is C33H36N4O6. The molecule has 3 atom stereocenters. The first-order valence-corrected chi connectivity index (χ1v) is 14.7. The molecule has 0 unspecified atom stereocenters. The van der Waals surface area contributed by atoms with Crippen LogP contribution < -0.4 is 25.2 Å². The highest BCUT2D eigenvalue weighted by Crippen LogP contribution is 2.40. The number of carbonyl (C=O) groups excluding carboxylic acids is 3. The minimum atomic E-state index is -1.60. The third-order valence-corrected chi connectivity index (χ3v) is 9.08. The molecule has 1 N–H and O–H groups in total. The minimum absolute atomic E-state index is 0.00402. The van der Waals surface area contributed by atoms with E-state index >= 15 is 0 Å². The molecule has 4 heterocycles. The summed E-state index contributed by atoms with van der Waals surface area (Å²) in [7, 11) is 3.08. The van der Waals surface area contributed by atoms with Crippen LogP contribution in [0.15, 0.2) is 65.5 Å². The lowest BCUT2D eigenvalue weighted by Crippen LogP contribution is -2.68. The van der Waals surface area contributed by atoms with E-state index in [1.165, 1.54) is 7.11 Å². The van der Waals surface area contributed by atoms with Crippen molar-refractivity contribution in [3.05, 3.63) is 87.8 Å². The highest BCUT2D eigenvalue weighted by atomic mass is 16.5. The smallest absolute Gasteiger partial charge is 0.335 e. The van der Waals surface area contributed by atoms with Crippen LogP contribution in [-0.4, -0.2) is 61.2 Å². The fraction of sp³-hybridized carbons (Fsp3) is 0.394. The lowest BCUT2D eigenvalue weighted by molar-refractivity contribution is -0.144. The number of fused-ring (bicyclic) bond motifs is 4.